The van der Waals surface area contributed by atoms with E-state index >= 15 is 0 Å². The largest absolute Gasteiger partial charge is 0.503 e. The van der Waals surface area contributed by atoms with Gasteiger partial charge in [-0.25, -0.2) is 0 Å². The molecule has 2 rings (SSSR count). The van der Waals surface area contributed by atoms with Gasteiger partial charge in [0.1, 0.15) is 16.1 Å². The van der Waals surface area contributed by atoms with E-state index in [0.29, 0.717) is 44.4 Å². The molecular weight excluding hydrogens is 473 g/mol. The summed E-state index contributed by atoms with van der Waals surface area (Å²) in [6.45, 7) is 27.4. The van der Waals surface area contributed by atoms with Crippen LogP contribution in [-0.4, -0.2) is 26.4 Å². The number of fused-ring (bicyclic) bond motifs is 1. The monoisotopic (exact) mass is 520 g/mol. The third kappa shape index (κ3) is 5.13. The molecule has 0 saturated heterocycles. The average Bonchev–Trinajstić information content (AvgIpc) is 2.77. The minimum absolute atomic E-state index is 0.143. The summed E-state index contributed by atoms with van der Waals surface area (Å²) in [5.41, 5.74) is 11.4. The van der Waals surface area contributed by atoms with Crippen molar-refractivity contribution in [1.82, 2.24) is 0 Å². The van der Waals surface area contributed by atoms with E-state index in [4.69, 9.17) is 0 Å². The Morgan fingerprint density at radius 1 is 0.500 bits per heavy atom. The zero-order chi connectivity index (χ0) is 27.6. The van der Waals surface area contributed by atoms with E-state index in [9.17, 15) is 10.2 Å². The molecular formula is C32H48O2Si2. The minimum atomic E-state index is -2.01. The van der Waals surface area contributed by atoms with E-state index in [1.807, 2.05) is 24.3 Å². The number of rotatable bonds is 6. The molecule has 0 aliphatic heterocycles. The van der Waals surface area contributed by atoms with Gasteiger partial charge in [-0.1, -0.05) is 119 Å². The number of phenolic OH excluding ortho intramolecular Hbond substituents is 2. The van der Waals surface area contributed by atoms with Crippen molar-refractivity contribution in [2.45, 2.75) is 116 Å². The zero-order valence-electron chi connectivity index (χ0n) is 24.7. The highest BCUT2D eigenvalue weighted by Gasteiger charge is 2.43. The molecule has 0 heterocycles. The van der Waals surface area contributed by atoms with Crippen LogP contribution >= 0.6 is 0 Å². The average molecular weight is 521 g/mol. The van der Waals surface area contributed by atoms with Gasteiger partial charge in [0.25, 0.3) is 0 Å². The van der Waals surface area contributed by atoms with Gasteiger partial charge in [-0.2, -0.15) is 0 Å². The minimum Gasteiger partial charge on any atom is -0.503 e. The first kappa shape index (κ1) is 30.1. The predicted octanol–water partition coefficient (Wildman–Crippen LogP) is 9.39. The van der Waals surface area contributed by atoms with Gasteiger partial charge in [-0.15, -0.1) is 11.1 Å². The Kier molecular flexibility index (Phi) is 9.60. The smallest absolute Gasteiger partial charge is 0.175 e. The maximum absolute atomic E-state index is 11.3. The molecule has 0 atom stereocenters. The highest BCUT2D eigenvalue weighted by molar-refractivity contribution is 6.91. The molecule has 2 aromatic rings. The molecule has 36 heavy (non-hydrogen) atoms. The van der Waals surface area contributed by atoms with Crippen molar-refractivity contribution >= 4 is 26.9 Å². The number of aromatic hydroxyl groups is 2. The molecule has 0 aliphatic rings. The van der Waals surface area contributed by atoms with Crippen LogP contribution in [0.2, 0.25) is 33.2 Å². The summed E-state index contributed by atoms with van der Waals surface area (Å²) >= 11 is 0. The summed E-state index contributed by atoms with van der Waals surface area (Å²) in [6.07, 6.45) is 0. The van der Waals surface area contributed by atoms with Gasteiger partial charge >= 0.3 is 0 Å². The van der Waals surface area contributed by atoms with Crippen LogP contribution in [0.5, 0.6) is 11.5 Å². The molecule has 0 saturated carbocycles. The van der Waals surface area contributed by atoms with Crippen LogP contribution in [0.25, 0.3) is 10.8 Å². The van der Waals surface area contributed by atoms with Crippen LogP contribution in [0.1, 0.15) is 94.2 Å². The van der Waals surface area contributed by atoms with E-state index in [1.54, 1.807) is 0 Å². The maximum Gasteiger partial charge on any atom is 0.175 e. The lowest BCUT2D eigenvalue weighted by atomic mass is 9.98. The van der Waals surface area contributed by atoms with Crippen LogP contribution in [0.3, 0.4) is 0 Å². The van der Waals surface area contributed by atoms with Crippen LogP contribution in [0.15, 0.2) is 24.3 Å². The van der Waals surface area contributed by atoms with Gasteiger partial charge in [0.05, 0.1) is 11.1 Å². The fourth-order valence-corrected chi connectivity index (χ4v) is 17.3. The zero-order valence-corrected chi connectivity index (χ0v) is 26.7. The number of hydrogen-bond acceptors (Lipinski definition) is 2. The molecule has 0 aromatic heterocycles. The highest BCUT2D eigenvalue weighted by atomic mass is 28.3. The summed E-state index contributed by atoms with van der Waals surface area (Å²) in [5.74, 6) is 6.51. The van der Waals surface area contributed by atoms with Gasteiger partial charge < -0.3 is 10.2 Å². The second-order valence-corrected chi connectivity index (χ2v) is 23.4. The van der Waals surface area contributed by atoms with Crippen LogP contribution in [0.4, 0.5) is 0 Å². The van der Waals surface area contributed by atoms with Crippen LogP contribution < -0.4 is 0 Å². The maximum atomic E-state index is 11.3. The summed E-state index contributed by atoms with van der Waals surface area (Å²) in [6, 6.07) is 7.92. The summed E-state index contributed by atoms with van der Waals surface area (Å²) in [4.78, 5) is 0. The Hall–Kier alpha value is -2.15. The molecule has 0 radical (unpaired) electrons. The molecule has 2 N–H and O–H groups in total. The van der Waals surface area contributed by atoms with Crippen molar-refractivity contribution in [3.8, 4) is 34.4 Å². The molecule has 0 bridgehead atoms. The lowest BCUT2D eigenvalue weighted by molar-refractivity contribution is 0.403. The standard InChI is InChI=1S/C32H48O2Si2/c1-21(2)35(22(3)4,23(5)6)19-17-29-27-15-13-14-16-28(27)30(32(34)31(29)33)18-20-36(24(7)8,25(9)10)26(11)12/h13-16,21-26,33-34H,1-12H3. The second-order valence-electron chi connectivity index (χ2n) is 12.3. The van der Waals surface area contributed by atoms with Gasteiger partial charge in [-0.3, -0.25) is 0 Å². The Balaban J connectivity index is 2.90. The Morgan fingerprint density at radius 3 is 0.972 bits per heavy atom. The summed E-state index contributed by atoms with van der Waals surface area (Å²) in [5, 5.41) is 24.2. The first-order valence-corrected chi connectivity index (χ1v) is 18.1. The first-order valence-electron chi connectivity index (χ1n) is 13.7. The molecule has 0 amide bonds. The molecule has 4 heteroatoms. The molecule has 2 aromatic carbocycles. The first-order chi connectivity index (χ1) is 16.7. The number of phenols is 2. The SMILES string of the molecule is CC(C)[Si](C#Cc1c(O)c(O)c(C#C[Si](C(C)C)(C(C)C)C(C)C)c2ccccc12)(C(C)C)C(C)C. The van der Waals surface area contributed by atoms with E-state index in [-0.39, 0.29) is 11.5 Å². The number of hydrogen-bond donors (Lipinski definition) is 2. The third-order valence-electron chi connectivity index (χ3n) is 8.70. The van der Waals surface area contributed by atoms with Crippen molar-refractivity contribution in [3.05, 3.63) is 35.4 Å². The Bertz CT molecular complexity index is 1060. The lowest BCUT2D eigenvalue weighted by Gasteiger charge is -2.38. The quantitative estimate of drug-likeness (QED) is 0.226. The molecule has 0 aliphatic carbocycles. The van der Waals surface area contributed by atoms with Gasteiger partial charge in [0.15, 0.2) is 11.5 Å². The van der Waals surface area contributed by atoms with E-state index < -0.39 is 16.1 Å². The fourth-order valence-electron chi connectivity index (χ4n) is 6.87. The van der Waals surface area contributed by atoms with Crippen molar-refractivity contribution < 1.29 is 10.2 Å². The summed E-state index contributed by atoms with van der Waals surface area (Å²) < 4.78 is 0. The van der Waals surface area contributed by atoms with Gasteiger partial charge in [0, 0.05) is 10.8 Å². The topological polar surface area (TPSA) is 40.5 Å². The fraction of sp³-hybridized carbons (Fsp3) is 0.562. The summed E-state index contributed by atoms with van der Waals surface area (Å²) in [7, 11) is -4.01. The van der Waals surface area contributed by atoms with E-state index in [1.165, 1.54) is 0 Å². The second kappa shape index (κ2) is 11.5. The van der Waals surface area contributed by atoms with Crippen LogP contribution in [-0.2, 0) is 0 Å². The van der Waals surface area contributed by atoms with E-state index in [2.05, 4.69) is 106 Å². The normalized spacial score (nSPS) is 12.6. The van der Waals surface area contributed by atoms with Crippen molar-refractivity contribution in [2.75, 3.05) is 0 Å². The Morgan fingerprint density at radius 2 is 0.750 bits per heavy atom. The van der Waals surface area contributed by atoms with Crippen molar-refractivity contribution in [2.24, 2.45) is 0 Å². The highest BCUT2D eigenvalue weighted by Crippen LogP contribution is 2.44. The van der Waals surface area contributed by atoms with Crippen molar-refractivity contribution in [1.29, 1.82) is 0 Å². The van der Waals surface area contributed by atoms with Crippen LogP contribution in [0, 0.1) is 22.9 Å². The third-order valence-corrected chi connectivity index (χ3v) is 21.3. The predicted molar refractivity (Wildman–Crippen MR) is 163 cm³/mol. The molecule has 0 spiro atoms. The van der Waals surface area contributed by atoms with Gasteiger partial charge in [-0.05, 0) is 33.2 Å². The molecule has 196 valence electrons. The lowest BCUT2D eigenvalue weighted by Crippen LogP contribution is -2.43. The Labute approximate surface area is 222 Å². The molecule has 2 nitrogen and oxygen atoms in total. The number of benzene rings is 2. The van der Waals surface area contributed by atoms with Crippen molar-refractivity contribution in [3.63, 3.8) is 0 Å². The van der Waals surface area contributed by atoms with E-state index in [0.717, 1.165) is 10.8 Å². The van der Waals surface area contributed by atoms with Gasteiger partial charge in [0.2, 0.25) is 0 Å². The molecule has 0 fully saturated rings. The molecule has 0 unspecified atom stereocenters.